The van der Waals surface area contributed by atoms with Gasteiger partial charge in [0.2, 0.25) is 0 Å². The second-order valence-corrected chi connectivity index (χ2v) is 6.81. The van der Waals surface area contributed by atoms with Crippen LogP contribution in [0.5, 0.6) is 0 Å². The molecule has 1 saturated heterocycles. The summed E-state index contributed by atoms with van der Waals surface area (Å²) in [4.78, 5) is 24.4. The summed E-state index contributed by atoms with van der Waals surface area (Å²) in [5.41, 5.74) is 7.07. The second-order valence-electron chi connectivity index (χ2n) is 5.89. The van der Waals surface area contributed by atoms with Crippen molar-refractivity contribution in [3.63, 3.8) is 0 Å². The lowest BCUT2D eigenvalue weighted by molar-refractivity contribution is 0.100. The van der Waals surface area contributed by atoms with E-state index in [0.29, 0.717) is 24.3 Å². The largest absolute Gasteiger partial charge is 0.465 e. The van der Waals surface area contributed by atoms with Gasteiger partial charge < -0.3 is 21.1 Å². The van der Waals surface area contributed by atoms with Crippen molar-refractivity contribution in [2.45, 2.75) is 19.4 Å². The molecule has 8 nitrogen and oxygen atoms in total. The van der Waals surface area contributed by atoms with Crippen molar-refractivity contribution >= 4 is 39.1 Å². The lowest BCUT2D eigenvalue weighted by Crippen LogP contribution is -2.32. The number of nitrogens with zero attached hydrogens (tertiary/aromatic N) is 3. The van der Waals surface area contributed by atoms with Crippen LogP contribution in [-0.4, -0.2) is 50.8 Å². The quantitative estimate of drug-likeness (QED) is 0.732. The van der Waals surface area contributed by atoms with Crippen molar-refractivity contribution in [1.82, 2.24) is 14.5 Å². The van der Waals surface area contributed by atoms with Gasteiger partial charge in [0, 0.05) is 29.8 Å². The molecular formula is C15H18BrN5O3. The van der Waals surface area contributed by atoms with Crippen molar-refractivity contribution in [3.8, 4) is 0 Å². The number of fused-ring (bicyclic) bond motifs is 1. The maximum absolute atomic E-state index is 11.8. The Morgan fingerprint density at radius 2 is 2.25 bits per heavy atom. The number of primary amides is 1. The number of rotatable bonds is 4. The fourth-order valence-electron chi connectivity index (χ4n) is 3.15. The number of amides is 2. The topological polar surface area (TPSA) is 113 Å². The van der Waals surface area contributed by atoms with Crippen LogP contribution in [-0.2, 0) is 0 Å². The summed E-state index contributed by atoms with van der Waals surface area (Å²) in [6.45, 7) is 2.86. The molecule has 0 aromatic carbocycles. The average molecular weight is 396 g/mol. The number of carbonyl (C=O) groups excluding carboxylic acids is 1. The van der Waals surface area contributed by atoms with Crippen LogP contribution >= 0.6 is 15.9 Å². The molecule has 3 heterocycles. The maximum Gasteiger partial charge on any atom is 0.407 e. The van der Waals surface area contributed by atoms with Crippen molar-refractivity contribution in [2.24, 2.45) is 11.7 Å². The molecule has 0 spiro atoms. The number of carbonyl (C=O) groups is 2. The van der Waals surface area contributed by atoms with E-state index in [0.717, 1.165) is 10.9 Å². The Kier molecular flexibility index (Phi) is 4.35. The van der Waals surface area contributed by atoms with Crippen LogP contribution in [0.25, 0.3) is 5.52 Å². The van der Waals surface area contributed by atoms with E-state index in [4.69, 9.17) is 5.73 Å². The van der Waals surface area contributed by atoms with Gasteiger partial charge in [-0.15, -0.1) is 0 Å². The van der Waals surface area contributed by atoms with E-state index in [2.05, 4.69) is 26.3 Å². The van der Waals surface area contributed by atoms with Crippen LogP contribution in [0.4, 0.5) is 10.5 Å². The Morgan fingerprint density at radius 3 is 2.88 bits per heavy atom. The smallest absolute Gasteiger partial charge is 0.407 e. The maximum atomic E-state index is 11.8. The van der Waals surface area contributed by atoms with Gasteiger partial charge in [0.1, 0.15) is 0 Å². The number of anilines is 1. The summed E-state index contributed by atoms with van der Waals surface area (Å²) in [6, 6.07) is 1.75. The van der Waals surface area contributed by atoms with Gasteiger partial charge in [0.15, 0.2) is 0 Å². The second kappa shape index (κ2) is 6.31. The molecule has 0 radical (unpaired) electrons. The van der Waals surface area contributed by atoms with E-state index in [9.17, 15) is 14.7 Å². The number of hydrogen-bond donors (Lipinski definition) is 3. The molecule has 1 aliphatic rings. The molecule has 4 N–H and O–H groups in total. The van der Waals surface area contributed by atoms with E-state index in [-0.39, 0.29) is 17.5 Å². The first-order valence-corrected chi connectivity index (χ1v) is 8.41. The highest BCUT2D eigenvalue weighted by Gasteiger charge is 2.35. The molecule has 1 fully saturated rings. The summed E-state index contributed by atoms with van der Waals surface area (Å²) >= 11 is 3.40. The van der Waals surface area contributed by atoms with Gasteiger partial charge in [0.25, 0.3) is 5.91 Å². The molecule has 0 aliphatic carbocycles. The first-order valence-electron chi connectivity index (χ1n) is 7.61. The Balaban J connectivity index is 2.00. The third-order valence-electron chi connectivity index (χ3n) is 4.43. The van der Waals surface area contributed by atoms with Crippen molar-refractivity contribution < 1.29 is 14.7 Å². The Labute approximate surface area is 146 Å². The number of nitrogens with one attached hydrogen (secondary N) is 1. The zero-order valence-corrected chi connectivity index (χ0v) is 14.7. The van der Waals surface area contributed by atoms with Crippen molar-refractivity contribution in [2.75, 3.05) is 18.4 Å². The highest BCUT2D eigenvalue weighted by molar-refractivity contribution is 9.10. The molecule has 128 valence electrons. The van der Waals surface area contributed by atoms with Crippen LogP contribution in [0, 0.1) is 5.92 Å². The lowest BCUT2D eigenvalue weighted by atomic mass is 10.00. The van der Waals surface area contributed by atoms with Gasteiger partial charge in [0.05, 0.1) is 23.0 Å². The van der Waals surface area contributed by atoms with Crippen LogP contribution < -0.4 is 11.1 Å². The summed E-state index contributed by atoms with van der Waals surface area (Å²) in [5, 5.41) is 16.8. The summed E-state index contributed by atoms with van der Waals surface area (Å²) in [5.74, 6) is -0.417. The molecule has 2 aromatic heterocycles. The van der Waals surface area contributed by atoms with Crippen LogP contribution in [0.2, 0.25) is 0 Å². The van der Waals surface area contributed by atoms with Gasteiger partial charge in [-0.3, -0.25) is 4.79 Å². The monoisotopic (exact) mass is 395 g/mol. The van der Waals surface area contributed by atoms with E-state index in [1.807, 2.05) is 13.0 Å². The van der Waals surface area contributed by atoms with E-state index in [1.165, 1.54) is 11.1 Å². The summed E-state index contributed by atoms with van der Waals surface area (Å²) in [7, 11) is 0. The highest BCUT2D eigenvalue weighted by atomic mass is 79.9. The van der Waals surface area contributed by atoms with Crippen molar-refractivity contribution in [1.29, 1.82) is 0 Å². The van der Waals surface area contributed by atoms with Gasteiger partial charge >= 0.3 is 6.09 Å². The zero-order chi connectivity index (χ0) is 17.4. The minimum absolute atomic E-state index is 0.0934. The molecule has 2 amide bonds. The van der Waals surface area contributed by atoms with Gasteiger partial charge in [-0.05, 0) is 34.3 Å². The van der Waals surface area contributed by atoms with E-state index >= 15 is 0 Å². The molecule has 3 rings (SSSR count). The first kappa shape index (κ1) is 16.6. The van der Waals surface area contributed by atoms with Gasteiger partial charge in [-0.2, -0.15) is 5.10 Å². The molecule has 0 bridgehead atoms. The van der Waals surface area contributed by atoms with Crippen LogP contribution in [0.3, 0.4) is 0 Å². The number of hydrogen-bond acceptors (Lipinski definition) is 4. The molecule has 0 saturated carbocycles. The van der Waals surface area contributed by atoms with Crippen LogP contribution in [0.15, 0.2) is 22.9 Å². The molecule has 2 atom stereocenters. The fraction of sp³-hybridized carbons (Fsp3) is 0.400. The number of nitrogens with two attached hydrogens (primary N) is 1. The van der Waals surface area contributed by atoms with Gasteiger partial charge in [-0.1, -0.05) is 6.92 Å². The number of likely N-dealkylation sites (tertiary alicyclic amines) is 1. The average Bonchev–Trinajstić information content (AvgIpc) is 3.09. The first-order chi connectivity index (χ1) is 11.4. The molecular weight excluding hydrogens is 378 g/mol. The van der Waals surface area contributed by atoms with E-state index in [1.54, 1.807) is 10.7 Å². The molecule has 2 aromatic rings. The Bertz CT molecular complexity index is 806. The SMILES string of the molecule is CCC1CN(C(=O)O)CC1Nc1c(C(N)=O)cnn2cc(Br)cc12. The van der Waals surface area contributed by atoms with Crippen LogP contribution in [0.1, 0.15) is 23.7 Å². The summed E-state index contributed by atoms with van der Waals surface area (Å²) < 4.78 is 2.47. The Hall–Kier alpha value is -2.29. The molecule has 2 unspecified atom stereocenters. The number of carboxylic acid groups (broad SMARTS) is 1. The summed E-state index contributed by atoms with van der Waals surface area (Å²) in [6.07, 6.45) is 3.10. The Morgan fingerprint density at radius 1 is 1.50 bits per heavy atom. The third kappa shape index (κ3) is 2.91. The third-order valence-corrected chi connectivity index (χ3v) is 4.87. The highest BCUT2D eigenvalue weighted by Crippen LogP contribution is 2.30. The van der Waals surface area contributed by atoms with Crippen molar-refractivity contribution in [3.05, 3.63) is 28.5 Å². The predicted octanol–water partition coefficient (Wildman–Crippen LogP) is 2.00. The molecule has 9 heteroatoms. The minimum atomic E-state index is -0.932. The number of aromatic nitrogens is 2. The minimum Gasteiger partial charge on any atom is -0.465 e. The zero-order valence-electron chi connectivity index (χ0n) is 13.1. The van der Waals surface area contributed by atoms with Gasteiger partial charge in [-0.25, -0.2) is 9.31 Å². The fourth-order valence-corrected chi connectivity index (χ4v) is 3.56. The van der Waals surface area contributed by atoms with E-state index < -0.39 is 12.0 Å². The predicted molar refractivity (Wildman–Crippen MR) is 92.2 cm³/mol. The lowest BCUT2D eigenvalue weighted by Gasteiger charge is -2.21. The molecule has 1 aliphatic heterocycles. The normalized spacial score (nSPS) is 20.5. The standard InChI is InChI=1S/C15H18BrN5O3/c1-2-8-5-20(15(23)24)7-11(8)19-13-10(14(17)22)4-18-21-6-9(16)3-12(13)21/h3-4,6,8,11,19H,2,5,7H2,1H3,(H2,17,22)(H,23,24). The molecule has 24 heavy (non-hydrogen) atoms. The number of halogens is 1.